The third-order valence-electron chi connectivity index (χ3n) is 3.10. The number of para-hydroxylation sites is 2. The summed E-state index contributed by atoms with van der Waals surface area (Å²) in [5.74, 6) is -1.68. The predicted molar refractivity (Wildman–Crippen MR) is 77.7 cm³/mol. The molecule has 0 fully saturated rings. The van der Waals surface area contributed by atoms with Gasteiger partial charge in [0.05, 0.1) is 33.0 Å². The minimum absolute atomic E-state index is 0.0756. The number of hydrogen-bond donors (Lipinski definition) is 1. The summed E-state index contributed by atoms with van der Waals surface area (Å²) in [6, 6.07) is 9.38. The molecule has 1 atom stereocenters. The van der Waals surface area contributed by atoms with Gasteiger partial charge in [-0.2, -0.15) is 0 Å². The van der Waals surface area contributed by atoms with Gasteiger partial charge in [-0.25, -0.2) is 13.8 Å². The number of benzene rings is 2. The third-order valence-corrected chi connectivity index (χ3v) is 3.71. The van der Waals surface area contributed by atoms with Crippen LogP contribution in [0.1, 0.15) is 17.4 Å². The van der Waals surface area contributed by atoms with Crippen LogP contribution in [0.2, 0.25) is 0 Å². The molecule has 0 saturated heterocycles. The lowest BCUT2D eigenvalue weighted by atomic mass is 10.1. The number of hydrogen-bond acceptors (Lipinski definition) is 3. The molecule has 3 aromatic rings. The molecular formula is C15H9BrF2N2O. The normalized spacial score (nSPS) is 12.6. The molecule has 0 amide bonds. The van der Waals surface area contributed by atoms with Gasteiger partial charge in [0.25, 0.3) is 0 Å². The average molecular weight is 351 g/mol. The number of aromatic nitrogens is 2. The second kappa shape index (κ2) is 5.46. The maximum Gasteiger partial charge on any atom is 0.146 e. The van der Waals surface area contributed by atoms with Gasteiger partial charge >= 0.3 is 0 Å². The summed E-state index contributed by atoms with van der Waals surface area (Å²) in [6.45, 7) is 0. The van der Waals surface area contributed by atoms with E-state index in [0.717, 1.165) is 6.07 Å². The minimum atomic E-state index is -1.53. The van der Waals surface area contributed by atoms with Crippen molar-refractivity contribution in [1.29, 1.82) is 0 Å². The molecule has 3 rings (SSSR count). The number of rotatable bonds is 2. The molecule has 106 valence electrons. The molecule has 0 aliphatic rings. The highest BCUT2D eigenvalue weighted by molar-refractivity contribution is 9.10. The van der Waals surface area contributed by atoms with Crippen LogP contribution >= 0.6 is 15.9 Å². The number of fused-ring (bicyclic) bond motifs is 1. The Morgan fingerprint density at radius 1 is 1.05 bits per heavy atom. The predicted octanol–water partition coefficient (Wildman–Crippen LogP) is 3.75. The maximum atomic E-state index is 14.0. The van der Waals surface area contributed by atoms with Crippen LogP contribution in [0.4, 0.5) is 8.78 Å². The molecule has 1 N–H and O–H groups in total. The molecule has 0 radical (unpaired) electrons. The van der Waals surface area contributed by atoms with Crippen molar-refractivity contribution < 1.29 is 13.9 Å². The standard InChI is InChI=1S/C15H9BrF2N2O/c16-8-5-6-9(17)13(14(8)18)15(21)12-7-19-10-3-1-2-4-11(10)20-12/h1-7,15,21H. The zero-order valence-corrected chi connectivity index (χ0v) is 12.2. The second-order valence-corrected chi connectivity index (χ2v) is 5.30. The highest BCUT2D eigenvalue weighted by Gasteiger charge is 2.23. The maximum absolute atomic E-state index is 14.0. The van der Waals surface area contributed by atoms with E-state index in [2.05, 4.69) is 25.9 Å². The van der Waals surface area contributed by atoms with Crippen molar-refractivity contribution in [3.63, 3.8) is 0 Å². The quantitative estimate of drug-likeness (QED) is 0.716. The fourth-order valence-electron chi connectivity index (χ4n) is 2.04. The monoisotopic (exact) mass is 350 g/mol. The second-order valence-electron chi connectivity index (χ2n) is 4.44. The van der Waals surface area contributed by atoms with Gasteiger partial charge in [0.15, 0.2) is 0 Å². The summed E-state index contributed by atoms with van der Waals surface area (Å²) in [5.41, 5.74) is 0.826. The first-order valence-corrected chi connectivity index (χ1v) is 6.90. The lowest BCUT2D eigenvalue weighted by Gasteiger charge is -2.13. The molecular weight excluding hydrogens is 342 g/mol. The topological polar surface area (TPSA) is 46.0 Å². The number of aliphatic hydroxyl groups excluding tert-OH is 1. The molecule has 0 aliphatic carbocycles. The summed E-state index contributed by atoms with van der Waals surface area (Å²) >= 11 is 2.97. The van der Waals surface area contributed by atoms with Crippen LogP contribution in [0.5, 0.6) is 0 Å². The van der Waals surface area contributed by atoms with E-state index in [-0.39, 0.29) is 10.2 Å². The van der Waals surface area contributed by atoms with Crippen molar-refractivity contribution in [2.24, 2.45) is 0 Å². The number of nitrogens with zero attached hydrogens (tertiary/aromatic N) is 2. The Kier molecular flexibility index (Phi) is 3.65. The van der Waals surface area contributed by atoms with Gasteiger partial charge in [-0.1, -0.05) is 12.1 Å². The van der Waals surface area contributed by atoms with E-state index in [1.54, 1.807) is 24.3 Å². The Balaban J connectivity index is 2.12. The molecule has 1 aromatic heterocycles. The SMILES string of the molecule is OC(c1cnc2ccccc2n1)c1c(F)ccc(Br)c1F. The average Bonchev–Trinajstić information content (AvgIpc) is 2.51. The van der Waals surface area contributed by atoms with Crippen LogP contribution < -0.4 is 0 Å². The van der Waals surface area contributed by atoms with E-state index in [9.17, 15) is 13.9 Å². The van der Waals surface area contributed by atoms with Gasteiger partial charge in [0, 0.05) is 0 Å². The van der Waals surface area contributed by atoms with Gasteiger partial charge < -0.3 is 5.11 Å². The van der Waals surface area contributed by atoms with Crippen molar-refractivity contribution in [2.75, 3.05) is 0 Å². The smallest absolute Gasteiger partial charge is 0.146 e. The zero-order valence-electron chi connectivity index (χ0n) is 10.6. The molecule has 6 heteroatoms. The van der Waals surface area contributed by atoms with Crippen LogP contribution in [0, 0.1) is 11.6 Å². The van der Waals surface area contributed by atoms with Crippen LogP contribution in [-0.4, -0.2) is 15.1 Å². The van der Waals surface area contributed by atoms with E-state index >= 15 is 0 Å². The van der Waals surface area contributed by atoms with Crippen molar-refractivity contribution >= 4 is 27.0 Å². The Morgan fingerprint density at radius 2 is 1.76 bits per heavy atom. The first-order chi connectivity index (χ1) is 10.1. The first kappa shape index (κ1) is 14.0. The summed E-state index contributed by atoms with van der Waals surface area (Å²) < 4.78 is 27.9. The van der Waals surface area contributed by atoms with Gasteiger partial charge in [-0.05, 0) is 40.2 Å². The summed E-state index contributed by atoms with van der Waals surface area (Å²) in [7, 11) is 0. The molecule has 1 heterocycles. The highest BCUT2D eigenvalue weighted by Crippen LogP contribution is 2.30. The summed E-state index contributed by atoms with van der Waals surface area (Å²) in [4.78, 5) is 8.33. The van der Waals surface area contributed by atoms with Crippen LogP contribution in [-0.2, 0) is 0 Å². The minimum Gasteiger partial charge on any atom is -0.382 e. The van der Waals surface area contributed by atoms with E-state index in [0.29, 0.717) is 11.0 Å². The number of halogens is 3. The van der Waals surface area contributed by atoms with Gasteiger partial charge in [-0.3, -0.25) is 4.98 Å². The van der Waals surface area contributed by atoms with Gasteiger partial charge in [0.1, 0.15) is 17.7 Å². The molecule has 0 aliphatic heterocycles. The van der Waals surface area contributed by atoms with Crippen molar-refractivity contribution in [3.8, 4) is 0 Å². The molecule has 2 aromatic carbocycles. The molecule has 21 heavy (non-hydrogen) atoms. The van der Waals surface area contributed by atoms with Gasteiger partial charge in [-0.15, -0.1) is 0 Å². The first-order valence-electron chi connectivity index (χ1n) is 6.11. The zero-order chi connectivity index (χ0) is 15.0. The molecule has 0 bridgehead atoms. The van der Waals surface area contributed by atoms with Crippen LogP contribution in [0.3, 0.4) is 0 Å². The van der Waals surface area contributed by atoms with E-state index < -0.39 is 23.3 Å². The summed E-state index contributed by atoms with van der Waals surface area (Å²) in [6.07, 6.45) is -0.216. The van der Waals surface area contributed by atoms with Gasteiger partial charge in [0.2, 0.25) is 0 Å². The van der Waals surface area contributed by atoms with Crippen molar-refractivity contribution in [3.05, 3.63) is 70.0 Å². The highest BCUT2D eigenvalue weighted by atomic mass is 79.9. The summed E-state index contributed by atoms with van der Waals surface area (Å²) in [5, 5.41) is 10.2. The molecule has 0 spiro atoms. The van der Waals surface area contributed by atoms with Crippen LogP contribution in [0.15, 0.2) is 47.1 Å². The third kappa shape index (κ3) is 2.52. The molecule has 0 saturated carbocycles. The van der Waals surface area contributed by atoms with Crippen molar-refractivity contribution in [1.82, 2.24) is 9.97 Å². The largest absolute Gasteiger partial charge is 0.382 e. The fraction of sp³-hybridized carbons (Fsp3) is 0.0667. The van der Waals surface area contributed by atoms with E-state index in [1.807, 2.05) is 0 Å². The fourth-order valence-corrected chi connectivity index (χ4v) is 2.39. The Morgan fingerprint density at radius 3 is 2.52 bits per heavy atom. The van der Waals surface area contributed by atoms with E-state index in [1.165, 1.54) is 12.3 Å². The lowest BCUT2D eigenvalue weighted by Crippen LogP contribution is -2.08. The van der Waals surface area contributed by atoms with Crippen molar-refractivity contribution in [2.45, 2.75) is 6.10 Å². The number of aliphatic hydroxyl groups is 1. The van der Waals surface area contributed by atoms with E-state index in [4.69, 9.17) is 0 Å². The van der Waals surface area contributed by atoms with Crippen LogP contribution in [0.25, 0.3) is 11.0 Å². The Hall–Kier alpha value is -1.92. The molecule has 3 nitrogen and oxygen atoms in total. The Labute approximate surface area is 127 Å². The molecule has 1 unspecified atom stereocenters. The Bertz CT molecular complexity index is 826. The lowest BCUT2D eigenvalue weighted by molar-refractivity contribution is 0.204.